The van der Waals surface area contributed by atoms with Crippen LogP contribution in [0.25, 0.3) is 0 Å². The number of hydrogen-bond acceptors (Lipinski definition) is 3. The van der Waals surface area contributed by atoms with Gasteiger partial charge in [-0.05, 0) is 13.0 Å². The van der Waals surface area contributed by atoms with Gasteiger partial charge in [-0.2, -0.15) is 0 Å². The van der Waals surface area contributed by atoms with Crippen molar-refractivity contribution in [2.75, 3.05) is 7.11 Å². The molecule has 100 valence electrons. The number of ether oxygens (including phenoxy) is 1. The summed E-state index contributed by atoms with van der Waals surface area (Å²) in [7, 11) is 1.64. The molecule has 5 heteroatoms. The number of benzene rings is 1. The number of aromatic nitrogens is 2. The van der Waals surface area contributed by atoms with E-state index in [2.05, 4.69) is 4.98 Å². The summed E-state index contributed by atoms with van der Waals surface area (Å²) < 4.78 is 7.10. The van der Waals surface area contributed by atoms with E-state index in [4.69, 9.17) is 10.5 Å². The quantitative estimate of drug-likeness (QED) is 0.885. The molecule has 1 aromatic carbocycles. The Bertz CT molecular complexity index is 578. The van der Waals surface area contributed by atoms with E-state index >= 15 is 0 Å². The van der Waals surface area contributed by atoms with Crippen molar-refractivity contribution < 1.29 is 9.53 Å². The van der Waals surface area contributed by atoms with E-state index in [-0.39, 0.29) is 5.91 Å². The highest BCUT2D eigenvalue weighted by Crippen LogP contribution is 2.21. The molecule has 0 radical (unpaired) electrons. The number of amides is 1. The number of primary amides is 1. The van der Waals surface area contributed by atoms with Crippen molar-refractivity contribution in [2.24, 2.45) is 5.73 Å². The zero-order valence-electron chi connectivity index (χ0n) is 11.0. The lowest BCUT2D eigenvalue weighted by molar-refractivity contribution is -0.120. The lowest BCUT2D eigenvalue weighted by atomic mass is 10.1. The molecular weight excluding hydrogens is 242 g/mol. The summed E-state index contributed by atoms with van der Waals surface area (Å²) in [6.45, 7) is 1.76. The van der Waals surface area contributed by atoms with Gasteiger partial charge in [0.1, 0.15) is 17.6 Å². The average molecular weight is 259 g/mol. The first-order chi connectivity index (χ1) is 9.13. The molecule has 1 atom stereocenters. The van der Waals surface area contributed by atoms with Crippen molar-refractivity contribution in [2.45, 2.75) is 19.4 Å². The van der Waals surface area contributed by atoms with Gasteiger partial charge in [-0.25, -0.2) is 4.98 Å². The molecule has 5 nitrogen and oxygen atoms in total. The van der Waals surface area contributed by atoms with Crippen LogP contribution in [0.15, 0.2) is 36.7 Å². The third kappa shape index (κ3) is 2.76. The number of carbonyl (C=O) groups excluding carboxylic acids is 1. The van der Waals surface area contributed by atoms with Crippen molar-refractivity contribution in [3.8, 4) is 5.75 Å². The molecular formula is C14H17N3O2. The fourth-order valence-corrected chi connectivity index (χ4v) is 1.99. The van der Waals surface area contributed by atoms with Gasteiger partial charge in [0, 0.05) is 24.4 Å². The largest absolute Gasteiger partial charge is 0.496 e. The van der Waals surface area contributed by atoms with Crippen LogP contribution >= 0.6 is 0 Å². The fourth-order valence-electron chi connectivity index (χ4n) is 1.99. The maximum Gasteiger partial charge on any atom is 0.240 e. The summed E-state index contributed by atoms with van der Waals surface area (Å²) in [6.07, 6.45) is 4.03. The summed E-state index contributed by atoms with van der Waals surface area (Å²) in [5.41, 5.74) is 6.36. The molecule has 1 aromatic heterocycles. The monoisotopic (exact) mass is 259 g/mol. The van der Waals surface area contributed by atoms with Crippen LogP contribution < -0.4 is 10.5 Å². The molecule has 0 saturated carbocycles. The maximum absolute atomic E-state index is 11.3. The first kappa shape index (κ1) is 13.1. The molecule has 1 unspecified atom stereocenters. The van der Waals surface area contributed by atoms with Gasteiger partial charge >= 0.3 is 0 Å². The zero-order chi connectivity index (χ0) is 13.8. The van der Waals surface area contributed by atoms with Crippen LogP contribution in [-0.2, 0) is 11.2 Å². The Morgan fingerprint density at radius 3 is 2.89 bits per heavy atom. The van der Waals surface area contributed by atoms with Gasteiger partial charge in [-0.1, -0.05) is 18.2 Å². The molecule has 0 aliphatic heterocycles. The molecule has 1 amide bonds. The molecule has 0 saturated heterocycles. The van der Waals surface area contributed by atoms with Gasteiger partial charge < -0.3 is 15.0 Å². The molecule has 2 rings (SSSR count). The predicted octanol–water partition coefficient (Wildman–Crippen LogP) is 1.53. The lowest BCUT2D eigenvalue weighted by Gasteiger charge is -2.14. The Balaban J connectivity index is 2.29. The van der Waals surface area contributed by atoms with Crippen LogP contribution in [0, 0.1) is 0 Å². The summed E-state index contributed by atoms with van der Waals surface area (Å²) >= 11 is 0. The third-order valence-corrected chi connectivity index (χ3v) is 3.12. The standard InChI is InChI=1S/C14H17N3O2/c1-10(14(15)18)17-8-7-16-13(17)9-11-5-3-4-6-12(11)19-2/h3-8,10H,9H2,1-2H3,(H2,15,18). The Kier molecular flexibility index (Phi) is 3.85. The van der Waals surface area contributed by atoms with Crippen LogP contribution in [0.3, 0.4) is 0 Å². The smallest absolute Gasteiger partial charge is 0.240 e. The highest BCUT2D eigenvalue weighted by atomic mass is 16.5. The molecule has 0 aliphatic rings. The van der Waals surface area contributed by atoms with Crippen LogP contribution in [0.4, 0.5) is 0 Å². The van der Waals surface area contributed by atoms with Gasteiger partial charge in [-0.3, -0.25) is 4.79 Å². The SMILES string of the molecule is COc1ccccc1Cc1nccn1C(C)C(N)=O. The van der Waals surface area contributed by atoms with E-state index < -0.39 is 6.04 Å². The van der Waals surface area contributed by atoms with Crippen molar-refractivity contribution in [1.82, 2.24) is 9.55 Å². The summed E-state index contributed by atoms with van der Waals surface area (Å²) in [4.78, 5) is 15.6. The van der Waals surface area contributed by atoms with Crippen molar-refractivity contribution >= 4 is 5.91 Å². The highest BCUT2D eigenvalue weighted by molar-refractivity contribution is 5.78. The molecule has 19 heavy (non-hydrogen) atoms. The topological polar surface area (TPSA) is 70.1 Å². The van der Waals surface area contributed by atoms with Crippen molar-refractivity contribution in [1.29, 1.82) is 0 Å². The van der Waals surface area contributed by atoms with Crippen LogP contribution in [-0.4, -0.2) is 22.6 Å². The van der Waals surface area contributed by atoms with E-state index in [0.29, 0.717) is 6.42 Å². The first-order valence-corrected chi connectivity index (χ1v) is 6.06. The average Bonchev–Trinajstić information content (AvgIpc) is 2.86. The highest BCUT2D eigenvalue weighted by Gasteiger charge is 2.15. The second-order valence-corrected chi connectivity index (χ2v) is 4.32. The van der Waals surface area contributed by atoms with E-state index in [0.717, 1.165) is 17.1 Å². The zero-order valence-corrected chi connectivity index (χ0v) is 11.0. The van der Waals surface area contributed by atoms with E-state index in [1.807, 2.05) is 24.3 Å². The minimum atomic E-state index is -0.410. The molecule has 2 N–H and O–H groups in total. The van der Waals surface area contributed by atoms with E-state index in [1.54, 1.807) is 31.0 Å². The first-order valence-electron chi connectivity index (χ1n) is 6.06. The van der Waals surface area contributed by atoms with Gasteiger partial charge in [0.2, 0.25) is 5.91 Å². The third-order valence-electron chi connectivity index (χ3n) is 3.12. The van der Waals surface area contributed by atoms with Crippen LogP contribution in [0.5, 0.6) is 5.75 Å². The van der Waals surface area contributed by atoms with E-state index in [1.165, 1.54) is 0 Å². The minimum Gasteiger partial charge on any atom is -0.496 e. The maximum atomic E-state index is 11.3. The lowest BCUT2D eigenvalue weighted by Crippen LogP contribution is -2.25. The molecule has 0 bridgehead atoms. The number of para-hydroxylation sites is 1. The molecule has 0 spiro atoms. The van der Waals surface area contributed by atoms with Gasteiger partial charge in [0.05, 0.1) is 7.11 Å². The van der Waals surface area contributed by atoms with Crippen LogP contribution in [0.2, 0.25) is 0 Å². The summed E-state index contributed by atoms with van der Waals surface area (Å²) in [6, 6.07) is 7.34. The van der Waals surface area contributed by atoms with E-state index in [9.17, 15) is 4.79 Å². The van der Waals surface area contributed by atoms with Crippen molar-refractivity contribution in [3.05, 3.63) is 48.0 Å². The summed E-state index contributed by atoms with van der Waals surface area (Å²) in [5.74, 6) is 1.22. The van der Waals surface area contributed by atoms with Gasteiger partial charge in [0.15, 0.2) is 0 Å². The second kappa shape index (κ2) is 5.56. The Hall–Kier alpha value is -2.30. The molecule has 1 heterocycles. The normalized spacial score (nSPS) is 12.1. The van der Waals surface area contributed by atoms with Gasteiger partial charge in [0.25, 0.3) is 0 Å². The number of carbonyl (C=O) groups is 1. The Morgan fingerprint density at radius 1 is 1.47 bits per heavy atom. The molecule has 0 aliphatic carbocycles. The van der Waals surface area contributed by atoms with Crippen LogP contribution in [0.1, 0.15) is 24.4 Å². The Labute approximate surface area is 112 Å². The number of rotatable bonds is 5. The molecule has 0 fully saturated rings. The number of nitrogens with zero attached hydrogens (tertiary/aromatic N) is 2. The fraction of sp³-hybridized carbons (Fsp3) is 0.286. The van der Waals surface area contributed by atoms with Gasteiger partial charge in [-0.15, -0.1) is 0 Å². The predicted molar refractivity (Wildman–Crippen MR) is 71.9 cm³/mol. The van der Waals surface area contributed by atoms with Crippen molar-refractivity contribution in [3.63, 3.8) is 0 Å². The second-order valence-electron chi connectivity index (χ2n) is 4.32. The number of hydrogen-bond donors (Lipinski definition) is 1. The molecule has 2 aromatic rings. The number of methoxy groups -OCH3 is 1. The number of imidazole rings is 1. The number of nitrogens with two attached hydrogens (primary N) is 1. The Morgan fingerprint density at radius 2 is 2.21 bits per heavy atom. The minimum absolute atomic E-state index is 0.376. The summed E-state index contributed by atoms with van der Waals surface area (Å²) in [5, 5.41) is 0.